The number of aromatic nitrogens is 2. The Morgan fingerprint density at radius 2 is 2.04 bits per heavy atom. The van der Waals surface area contributed by atoms with E-state index in [4.69, 9.17) is 13.7 Å². The Balaban J connectivity index is 1.83. The molecule has 7 heteroatoms. The van der Waals surface area contributed by atoms with Gasteiger partial charge in [-0.2, -0.15) is 4.98 Å². The van der Waals surface area contributed by atoms with Gasteiger partial charge in [0.2, 0.25) is 5.89 Å². The number of carbonyl (C=O) groups excluding carboxylic acids is 1. The quantitative estimate of drug-likeness (QED) is 0.931. The first kappa shape index (κ1) is 15.7. The smallest absolute Gasteiger partial charge is 0.287 e. The van der Waals surface area contributed by atoms with Crippen LogP contribution in [0.3, 0.4) is 0 Å². The lowest BCUT2D eigenvalue weighted by Crippen LogP contribution is -2.36. The van der Waals surface area contributed by atoms with Gasteiger partial charge in [-0.3, -0.25) is 4.79 Å². The first-order valence-electron chi connectivity index (χ1n) is 7.80. The standard InChI is InChI=1S/C16H21N3O4/c1-9-8-10(2)22-14(9)15(20)18-13(12-4-6-21-7-5-12)16-17-11(3)19-23-16/h8,12-13H,4-7H2,1-3H3,(H,18,20)/t13-/m0/s1. The Labute approximate surface area is 134 Å². The molecule has 1 fully saturated rings. The van der Waals surface area contributed by atoms with Crippen molar-refractivity contribution in [1.29, 1.82) is 0 Å². The van der Waals surface area contributed by atoms with Gasteiger partial charge in [0.05, 0.1) is 0 Å². The zero-order valence-electron chi connectivity index (χ0n) is 13.6. The maximum Gasteiger partial charge on any atom is 0.287 e. The van der Waals surface area contributed by atoms with Crippen molar-refractivity contribution in [3.05, 3.63) is 34.9 Å². The van der Waals surface area contributed by atoms with Gasteiger partial charge < -0.3 is 19.0 Å². The van der Waals surface area contributed by atoms with Gasteiger partial charge in [-0.25, -0.2) is 0 Å². The highest BCUT2D eigenvalue weighted by Gasteiger charge is 2.32. The van der Waals surface area contributed by atoms with Crippen molar-refractivity contribution in [2.75, 3.05) is 13.2 Å². The summed E-state index contributed by atoms with van der Waals surface area (Å²) in [6.45, 7) is 6.77. The lowest BCUT2D eigenvalue weighted by atomic mass is 9.91. The van der Waals surface area contributed by atoms with Gasteiger partial charge in [0.1, 0.15) is 11.8 Å². The fourth-order valence-corrected chi connectivity index (χ4v) is 2.94. The number of nitrogens with zero attached hydrogens (tertiary/aromatic N) is 2. The van der Waals surface area contributed by atoms with Crippen LogP contribution in [0, 0.1) is 26.7 Å². The summed E-state index contributed by atoms with van der Waals surface area (Å²) >= 11 is 0. The van der Waals surface area contributed by atoms with Crippen LogP contribution in [-0.2, 0) is 4.74 Å². The van der Waals surface area contributed by atoms with Crippen molar-refractivity contribution in [3.63, 3.8) is 0 Å². The van der Waals surface area contributed by atoms with E-state index in [-0.39, 0.29) is 17.9 Å². The Kier molecular flexibility index (Phi) is 4.47. The number of aryl methyl sites for hydroxylation is 3. The zero-order chi connectivity index (χ0) is 16.4. The molecule has 3 heterocycles. The Morgan fingerprint density at radius 3 is 2.61 bits per heavy atom. The number of amides is 1. The van der Waals surface area contributed by atoms with Crippen LogP contribution in [0.15, 0.2) is 15.0 Å². The molecular formula is C16H21N3O4. The number of hydrogen-bond donors (Lipinski definition) is 1. The van der Waals surface area contributed by atoms with Gasteiger partial charge in [0, 0.05) is 18.8 Å². The minimum atomic E-state index is -0.336. The lowest BCUT2D eigenvalue weighted by molar-refractivity contribution is 0.0463. The number of ether oxygens (including phenoxy) is 1. The largest absolute Gasteiger partial charge is 0.456 e. The van der Waals surface area contributed by atoms with Crippen molar-refractivity contribution in [2.24, 2.45) is 5.92 Å². The zero-order valence-corrected chi connectivity index (χ0v) is 13.6. The molecule has 1 atom stereocenters. The molecule has 0 spiro atoms. The highest BCUT2D eigenvalue weighted by molar-refractivity contribution is 5.93. The molecule has 23 heavy (non-hydrogen) atoms. The number of rotatable bonds is 4. The molecule has 1 aliphatic heterocycles. The predicted molar refractivity (Wildman–Crippen MR) is 81.0 cm³/mol. The molecule has 1 saturated heterocycles. The van der Waals surface area contributed by atoms with E-state index < -0.39 is 0 Å². The predicted octanol–water partition coefficient (Wildman–Crippen LogP) is 2.49. The van der Waals surface area contributed by atoms with E-state index in [1.165, 1.54) is 0 Å². The maximum absolute atomic E-state index is 12.6. The summed E-state index contributed by atoms with van der Waals surface area (Å²) in [7, 11) is 0. The summed E-state index contributed by atoms with van der Waals surface area (Å²) in [5.41, 5.74) is 0.812. The number of furan rings is 1. The third-order valence-electron chi connectivity index (χ3n) is 4.08. The molecule has 0 saturated carbocycles. The molecule has 3 rings (SSSR count). The van der Waals surface area contributed by atoms with Crippen LogP contribution in [0.2, 0.25) is 0 Å². The molecule has 0 aromatic carbocycles. The second-order valence-corrected chi connectivity index (χ2v) is 5.95. The SMILES string of the molecule is Cc1noc([C@@H](NC(=O)c2oc(C)cc2C)C2CCOCC2)n1. The van der Waals surface area contributed by atoms with Crippen molar-refractivity contribution in [1.82, 2.24) is 15.5 Å². The average Bonchev–Trinajstić information content (AvgIpc) is 3.11. The highest BCUT2D eigenvalue weighted by atomic mass is 16.5. The lowest BCUT2D eigenvalue weighted by Gasteiger charge is -2.28. The normalized spacial score (nSPS) is 17.2. The summed E-state index contributed by atoms with van der Waals surface area (Å²) in [6.07, 6.45) is 1.67. The Morgan fingerprint density at radius 1 is 1.30 bits per heavy atom. The third kappa shape index (κ3) is 3.44. The molecule has 2 aromatic heterocycles. The van der Waals surface area contributed by atoms with Crippen molar-refractivity contribution < 1.29 is 18.5 Å². The van der Waals surface area contributed by atoms with E-state index in [2.05, 4.69) is 15.5 Å². The van der Waals surface area contributed by atoms with Crippen molar-refractivity contribution >= 4 is 5.91 Å². The molecule has 7 nitrogen and oxygen atoms in total. The topological polar surface area (TPSA) is 90.4 Å². The van der Waals surface area contributed by atoms with Crippen LogP contribution in [0.4, 0.5) is 0 Å². The molecule has 0 aliphatic carbocycles. The molecule has 0 unspecified atom stereocenters. The van der Waals surface area contributed by atoms with E-state index in [1.54, 1.807) is 6.92 Å². The van der Waals surface area contributed by atoms with E-state index in [0.717, 1.165) is 18.4 Å². The molecule has 0 bridgehead atoms. The Bertz CT molecular complexity index is 685. The summed E-state index contributed by atoms with van der Waals surface area (Å²) in [5.74, 6) is 1.96. The van der Waals surface area contributed by atoms with E-state index in [1.807, 2.05) is 19.9 Å². The van der Waals surface area contributed by atoms with Crippen LogP contribution >= 0.6 is 0 Å². The fourth-order valence-electron chi connectivity index (χ4n) is 2.94. The van der Waals surface area contributed by atoms with Crippen molar-refractivity contribution in [3.8, 4) is 0 Å². The van der Waals surface area contributed by atoms with Crippen LogP contribution in [-0.4, -0.2) is 29.3 Å². The van der Waals surface area contributed by atoms with Gasteiger partial charge in [0.15, 0.2) is 11.6 Å². The first-order valence-corrected chi connectivity index (χ1v) is 7.80. The summed E-state index contributed by atoms with van der Waals surface area (Å²) in [6, 6.07) is 1.51. The average molecular weight is 319 g/mol. The molecule has 0 radical (unpaired) electrons. The van der Waals surface area contributed by atoms with Crippen LogP contribution < -0.4 is 5.32 Å². The molecular weight excluding hydrogens is 298 g/mol. The summed E-state index contributed by atoms with van der Waals surface area (Å²) < 4.78 is 16.2. The molecule has 1 amide bonds. The monoisotopic (exact) mass is 319 g/mol. The summed E-state index contributed by atoms with van der Waals surface area (Å²) in [5, 5.41) is 6.84. The molecule has 2 aromatic rings. The highest BCUT2D eigenvalue weighted by Crippen LogP contribution is 2.30. The van der Waals surface area contributed by atoms with Gasteiger partial charge in [-0.05, 0) is 45.6 Å². The second-order valence-electron chi connectivity index (χ2n) is 5.95. The summed E-state index contributed by atoms with van der Waals surface area (Å²) in [4.78, 5) is 16.9. The van der Waals surface area contributed by atoms with Crippen LogP contribution in [0.25, 0.3) is 0 Å². The molecule has 124 valence electrons. The number of nitrogens with one attached hydrogen (secondary N) is 1. The van der Waals surface area contributed by atoms with E-state index in [9.17, 15) is 4.79 Å². The Hall–Kier alpha value is -2.15. The maximum atomic E-state index is 12.6. The first-order chi connectivity index (χ1) is 11.0. The van der Waals surface area contributed by atoms with Gasteiger partial charge in [0.25, 0.3) is 5.91 Å². The molecule has 1 aliphatic rings. The van der Waals surface area contributed by atoms with Crippen LogP contribution in [0.5, 0.6) is 0 Å². The fraction of sp³-hybridized carbons (Fsp3) is 0.562. The number of carbonyl (C=O) groups is 1. The second kappa shape index (κ2) is 6.54. The minimum absolute atomic E-state index is 0.198. The number of hydrogen-bond acceptors (Lipinski definition) is 6. The van der Waals surface area contributed by atoms with Gasteiger partial charge in [-0.15, -0.1) is 0 Å². The van der Waals surface area contributed by atoms with Crippen LogP contribution in [0.1, 0.15) is 52.5 Å². The van der Waals surface area contributed by atoms with Gasteiger partial charge >= 0.3 is 0 Å². The van der Waals surface area contributed by atoms with Crippen molar-refractivity contribution in [2.45, 2.75) is 39.7 Å². The molecule has 1 N–H and O–H groups in total. The van der Waals surface area contributed by atoms with E-state index in [0.29, 0.717) is 36.4 Å². The third-order valence-corrected chi connectivity index (χ3v) is 4.08. The van der Waals surface area contributed by atoms with Gasteiger partial charge in [-0.1, -0.05) is 5.16 Å². The van der Waals surface area contributed by atoms with E-state index >= 15 is 0 Å². The minimum Gasteiger partial charge on any atom is -0.456 e.